The fourth-order valence-corrected chi connectivity index (χ4v) is 1.90. The van der Waals surface area contributed by atoms with Gasteiger partial charge in [-0.1, -0.05) is 12.1 Å². The minimum Gasteiger partial charge on any atom is -0.497 e. The van der Waals surface area contributed by atoms with E-state index in [0.717, 1.165) is 11.3 Å². The molecule has 0 atom stereocenters. The van der Waals surface area contributed by atoms with Gasteiger partial charge in [-0.2, -0.15) is 5.10 Å². The highest BCUT2D eigenvalue weighted by molar-refractivity contribution is 5.85. The lowest BCUT2D eigenvalue weighted by Crippen LogP contribution is -2.24. The molecular weight excluding hydrogens is 308 g/mol. The lowest BCUT2D eigenvalue weighted by Gasteiger charge is -2.07. The second-order valence-electron chi connectivity index (χ2n) is 4.73. The highest BCUT2D eigenvalue weighted by Crippen LogP contribution is 2.17. The monoisotopic (exact) mass is 328 g/mol. The van der Waals surface area contributed by atoms with E-state index in [2.05, 4.69) is 10.5 Å². The van der Waals surface area contributed by atoms with Gasteiger partial charge in [-0.3, -0.25) is 4.79 Å². The number of methoxy groups -OCH3 is 1. The Morgan fingerprint density at radius 2 is 1.79 bits per heavy atom. The number of carbonyl (C=O) groups excluding carboxylic acids is 1. The minimum atomic E-state index is -0.351. The first kappa shape index (κ1) is 17.3. The second-order valence-corrected chi connectivity index (χ2v) is 4.73. The van der Waals surface area contributed by atoms with E-state index in [1.54, 1.807) is 31.4 Å². The van der Waals surface area contributed by atoms with E-state index in [4.69, 9.17) is 14.2 Å². The van der Waals surface area contributed by atoms with Gasteiger partial charge in [0.15, 0.2) is 6.61 Å². The van der Waals surface area contributed by atoms with E-state index in [1.807, 2.05) is 31.2 Å². The molecule has 2 aromatic rings. The van der Waals surface area contributed by atoms with E-state index in [0.29, 0.717) is 18.1 Å². The van der Waals surface area contributed by atoms with Gasteiger partial charge < -0.3 is 14.2 Å². The molecule has 0 spiro atoms. The Morgan fingerprint density at radius 3 is 2.50 bits per heavy atom. The zero-order chi connectivity index (χ0) is 17.2. The van der Waals surface area contributed by atoms with E-state index in [9.17, 15) is 4.79 Å². The van der Waals surface area contributed by atoms with Gasteiger partial charge in [0.05, 0.1) is 19.9 Å². The highest BCUT2D eigenvalue weighted by atomic mass is 16.5. The van der Waals surface area contributed by atoms with E-state index >= 15 is 0 Å². The molecule has 0 saturated carbocycles. The quantitative estimate of drug-likeness (QED) is 0.597. The second kappa shape index (κ2) is 9.19. The van der Waals surface area contributed by atoms with Crippen LogP contribution in [-0.4, -0.2) is 32.4 Å². The summed E-state index contributed by atoms with van der Waals surface area (Å²) in [6.45, 7) is 2.34. The van der Waals surface area contributed by atoms with Crippen molar-refractivity contribution >= 4 is 12.1 Å². The maximum absolute atomic E-state index is 11.7. The number of ether oxygens (including phenoxy) is 3. The van der Waals surface area contributed by atoms with Gasteiger partial charge in [-0.15, -0.1) is 0 Å². The summed E-state index contributed by atoms with van der Waals surface area (Å²) in [5.41, 5.74) is 3.21. The Labute approximate surface area is 141 Å². The highest BCUT2D eigenvalue weighted by Gasteiger charge is 2.03. The molecule has 2 aromatic carbocycles. The van der Waals surface area contributed by atoms with Crippen LogP contribution in [0, 0.1) is 0 Å². The van der Waals surface area contributed by atoms with Crippen LogP contribution < -0.4 is 19.6 Å². The molecule has 1 N–H and O–H groups in total. The average Bonchev–Trinajstić information content (AvgIpc) is 2.62. The Hall–Kier alpha value is -3.02. The van der Waals surface area contributed by atoms with Crippen LogP contribution in [0.1, 0.15) is 12.5 Å². The lowest BCUT2D eigenvalue weighted by atomic mass is 10.2. The first-order chi connectivity index (χ1) is 11.7. The largest absolute Gasteiger partial charge is 0.497 e. The molecule has 24 heavy (non-hydrogen) atoms. The summed E-state index contributed by atoms with van der Waals surface area (Å²) in [6.07, 6.45) is 1.54. The first-order valence-electron chi connectivity index (χ1n) is 7.53. The van der Waals surface area contributed by atoms with Crippen molar-refractivity contribution in [2.24, 2.45) is 5.10 Å². The van der Waals surface area contributed by atoms with Crippen LogP contribution in [0.15, 0.2) is 53.6 Å². The van der Waals surface area contributed by atoms with Crippen LogP contribution >= 0.6 is 0 Å². The molecule has 6 heteroatoms. The number of benzene rings is 2. The number of hydrogen-bond donors (Lipinski definition) is 1. The molecule has 0 heterocycles. The normalized spacial score (nSPS) is 10.4. The number of rotatable bonds is 8. The van der Waals surface area contributed by atoms with Gasteiger partial charge in [-0.05, 0) is 43.3 Å². The van der Waals surface area contributed by atoms with Gasteiger partial charge >= 0.3 is 0 Å². The van der Waals surface area contributed by atoms with Gasteiger partial charge in [0.2, 0.25) is 0 Å². The summed E-state index contributed by atoms with van der Waals surface area (Å²) in [4.78, 5) is 11.7. The number of hydrogen-bond acceptors (Lipinski definition) is 5. The number of carbonyl (C=O) groups is 1. The van der Waals surface area contributed by atoms with Crippen LogP contribution in [0.2, 0.25) is 0 Å². The van der Waals surface area contributed by atoms with Gasteiger partial charge in [0, 0.05) is 5.56 Å². The van der Waals surface area contributed by atoms with E-state index < -0.39 is 0 Å². The number of nitrogens with zero attached hydrogens (tertiary/aromatic N) is 1. The zero-order valence-corrected chi connectivity index (χ0v) is 13.7. The molecule has 0 aliphatic heterocycles. The Bertz CT molecular complexity index is 684. The van der Waals surface area contributed by atoms with Crippen molar-refractivity contribution in [3.63, 3.8) is 0 Å². The van der Waals surface area contributed by atoms with E-state index in [1.165, 1.54) is 6.21 Å². The molecular formula is C18H20N2O4. The Balaban J connectivity index is 1.82. The summed E-state index contributed by atoms with van der Waals surface area (Å²) in [7, 11) is 1.59. The SMILES string of the molecule is CCOc1ccccc1C=NNC(=O)COc1ccc(OC)cc1. The zero-order valence-electron chi connectivity index (χ0n) is 13.7. The molecule has 0 unspecified atom stereocenters. The fourth-order valence-electron chi connectivity index (χ4n) is 1.90. The van der Waals surface area contributed by atoms with Crippen LogP contribution in [0.3, 0.4) is 0 Å². The number of hydrazone groups is 1. The molecule has 2 rings (SSSR count). The van der Waals surface area contributed by atoms with Crippen molar-refractivity contribution in [1.29, 1.82) is 0 Å². The molecule has 0 saturated heterocycles. The van der Waals surface area contributed by atoms with Crippen molar-refractivity contribution in [3.05, 3.63) is 54.1 Å². The summed E-state index contributed by atoms with van der Waals surface area (Å²) < 4.78 is 15.9. The molecule has 0 aromatic heterocycles. The van der Waals surface area contributed by atoms with Crippen LogP contribution in [0.25, 0.3) is 0 Å². The van der Waals surface area contributed by atoms with Gasteiger partial charge in [0.1, 0.15) is 17.2 Å². The van der Waals surface area contributed by atoms with Crippen molar-refractivity contribution < 1.29 is 19.0 Å². The third-order valence-corrected chi connectivity index (χ3v) is 3.04. The third kappa shape index (κ3) is 5.31. The fraction of sp³-hybridized carbons (Fsp3) is 0.222. The molecule has 6 nitrogen and oxygen atoms in total. The maximum Gasteiger partial charge on any atom is 0.277 e. The van der Waals surface area contributed by atoms with Crippen LogP contribution in [0.5, 0.6) is 17.2 Å². The number of para-hydroxylation sites is 1. The van der Waals surface area contributed by atoms with Crippen molar-refractivity contribution in [2.45, 2.75) is 6.92 Å². The first-order valence-corrected chi connectivity index (χ1v) is 7.53. The van der Waals surface area contributed by atoms with Gasteiger partial charge in [0.25, 0.3) is 5.91 Å². The summed E-state index contributed by atoms with van der Waals surface area (Å²) >= 11 is 0. The van der Waals surface area contributed by atoms with Crippen molar-refractivity contribution in [3.8, 4) is 17.2 Å². The molecule has 0 aliphatic carbocycles. The van der Waals surface area contributed by atoms with Crippen molar-refractivity contribution in [2.75, 3.05) is 20.3 Å². The predicted molar refractivity (Wildman–Crippen MR) is 91.8 cm³/mol. The van der Waals surface area contributed by atoms with Gasteiger partial charge in [-0.25, -0.2) is 5.43 Å². The molecule has 0 aliphatic rings. The van der Waals surface area contributed by atoms with Crippen molar-refractivity contribution in [1.82, 2.24) is 5.43 Å². The molecule has 126 valence electrons. The smallest absolute Gasteiger partial charge is 0.277 e. The van der Waals surface area contributed by atoms with E-state index in [-0.39, 0.29) is 12.5 Å². The predicted octanol–water partition coefficient (Wildman–Crippen LogP) is 2.62. The molecule has 1 amide bonds. The molecule has 0 fully saturated rings. The summed E-state index contributed by atoms with van der Waals surface area (Å²) in [5, 5.41) is 3.92. The molecule has 0 radical (unpaired) electrons. The standard InChI is InChI=1S/C18H20N2O4/c1-3-23-17-7-5-4-6-14(17)12-19-20-18(21)13-24-16-10-8-15(22-2)9-11-16/h4-12H,3,13H2,1-2H3,(H,20,21). The van der Waals surface area contributed by atoms with Crippen LogP contribution in [-0.2, 0) is 4.79 Å². The topological polar surface area (TPSA) is 69.2 Å². The summed E-state index contributed by atoms with van der Waals surface area (Å²) in [6, 6.07) is 14.4. The Morgan fingerprint density at radius 1 is 1.08 bits per heavy atom. The Kier molecular flexibility index (Phi) is 6.64. The maximum atomic E-state index is 11.7. The molecule has 0 bridgehead atoms. The van der Waals surface area contributed by atoms with Crippen LogP contribution in [0.4, 0.5) is 0 Å². The third-order valence-electron chi connectivity index (χ3n) is 3.04. The summed E-state index contributed by atoms with van der Waals surface area (Å²) in [5.74, 6) is 1.67. The minimum absolute atomic E-state index is 0.128. The average molecular weight is 328 g/mol. The number of nitrogens with one attached hydrogen (secondary N) is 1. The number of amides is 1. The lowest BCUT2D eigenvalue weighted by molar-refractivity contribution is -0.123.